The SMILES string of the molecule is CN(C)C1CCN(C(=O)C2CCCN2)C1. The van der Waals surface area contributed by atoms with Crippen molar-refractivity contribution in [2.24, 2.45) is 0 Å². The van der Waals surface area contributed by atoms with Gasteiger partial charge >= 0.3 is 0 Å². The fraction of sp³-hybridized carbons (Fsp3) is 0.909. The fourth-order valence-corrected chi connectivity index (χ4v) is 2.48. The summed E-state index contributed by atoms with van der Waals surface area (Å²) in [6.45, 7) is 2.84. The molecule has 0 radical (unpaired) electrons. The number of nitrogens with zero attached hydrogens (tertiary/aromatic N) is 2. The molecule has 2 fully saturated rings. The third kappa shape index (κ3) is 2.32. The van der Waals surface area contributed by atoms with Crippen molar-refractivity contribution in [3.63, 3.8) is 0 Å². The molecule has 0 aromatic rings. The number of likely N-dealkylation sites (tertiary alicyclic amines) is 1. The van der Waals surface area contributed by atoms with Crippen LogP contribution in [0.4, 0.5) is 0 Å². The Morgan fingerprint density at radius 1 is 1.40 bits per heavy atom. The van der Waals surface area contributed by atoms with Gasteiger partial charge in [-0.1, -0.05) is 0 Å². The molecule has 0 aromatic carbocycles. The molecule has 2 aliphatic rings. The van der Waals surface area contributed by atoms with Gasteiger partial charge in [0.2, 0.25) is 5.91 Å². The summed E-state index contributed by atoms with van der Waals surface area (Å²) < 4.78 is 0. The summed E-state index contributed by atoms with van der Waals surface area (Å²) >= 11 is 0. The van der Waals surface area contributed by atoms with E-state index in [1.54, 1.807) is 0 Å². The first-order chi connectivity index (χ1) is 7.18. The van der Waals surface area contributed by atoms with Crippen LogP contribution in [0.2, 0.25) is 0 Å². The number of amides is 1. The van der Waals surface area contributed by atoms with E-state index in [0.717, 1.165) is 38.9 Å². The maximum Gasteiger partial charge on any atom is 0.239 e. The van der Waals surface area contributed by atoms with Gasteiger partial charge in [0.15, 0.2) is 0 Å². The summed E-state index contributed by atoms with van der Waals surface area (Å²) in [4.78, 5) is 16.3. The first-order valence-electron chi connectivity index (χ1n) is 5.87. The van der Waals surface area contributed by atoms with E-state index < -0.39 is 0 Å². The minimum atomic E-state index is 0.103. The van der Waals surface area contributed by atoms with Crippen molar-refractivity contribution in [1.82, 2.24) is 15.1 Å². The molecule has 0 spiro atoms. The van der Waals surface area contributed by atoms with Crippen LogP contribution in [-0.4, -0.2) is 61.5 Å². The molecule has 2 unspecified atom stereocenters. The largest absolute Gasteiger partial charge is 0.340 e. The van der Waals surface area contributed by atoms with Crippen LogP contribution in [0, 0.1) is 0 Å². The molecule has 0 bridgehead atoms. The topological polar surface area (TPSA) is 35.6 Å². The number of carbonyl (C=O) groups excluding carboxylic acids is 1. The molecule has 2 aliphatic heterocycles. The Labute approximate surface area is 91.6 Å². The van der Waals surface area contributed by atoms with Crippen LogP contribution in [0.1, 0.15) is 19.3 Å². The Bertz CT molecular complexity index is 236. The quantitative estimate of drug-likeness (QED) is 0.693. The van der Waals surface area contributed by atoms with Gasteiger partial charge in [0.05, 0.1) is 6.04 Å². The van der Waals surface area contributed by atoms with Crippen molar-refractivity contribution >= 4 is 5.91 Å². The van der Waals surface area contributed by atoms with Gasteiger partial charge in [-0.25, -0.2) is 0 Å². The molecule has 2 atom stereocenters. The maximum absolute atomic E-state index is 12.1. The van der Waals surface area contributed by atoms with Crippen LogP contribution >= 0.6 is 0 Å². The van der Waals surface area contributed by atoms with Crippen molar-refractivity contribution in [2.75, 3.05) is 33.7 Å². The molecule has 1 amide bonds. The number of hydrogen-bond donors (Lipinski definition) is 1. The molecule has 4 nitrogen and oxygen atoms in total. The highest BCUT2D eigenvalue weighted by molar-refractivity contribution is 5.82. The number of carbonyl (C=O) groups is 1. The van der Waals surface area contributed by atoms with Gasteiger partial charge in [-0.05, 0) is 39.9 Å². The van der Waals surface area contributed by atoms with Gasteiger partial charge in [0.1, 0.15) is 0 Å². The second kappa shape index (κ2) is 4.49. The zero-order valence-corrected chi connectivity index (χ0v) is 9.70. The average Bonchev–Trinajstić information content (AvgIpc) is 2.88. The van der Waals surface area contributed by atoms with Crippen LogP contribution in [0.25, 0.3) is 0 Å². The van der Waals surface area contributed by atoms with E-state index in [-0.39, 0.29) is 6.04 Å². The molecule has 2 saturated heterocycles. The van der Waals surface area contributed by atoms with Gasteiger partial charge in [0.25, 0.3) is 0 Å². The molecule has 0 saturated carbocycles. The highest BCUT2D eigenvalue weighted by Crippen LogP contribution is 2.16. The Kier molecular flexibility index (Phi) is 3.26. The van der Waals surface area contributed by atoms with Crippen molar-refractivity contribution in [3.8, 4) is 0 Å². The predicted molar refractivity (Wildman–Crippen MR) is 59.7 cm³/mol. The van der Waals surface area contributed by atoms with Gasteiger partial charge in [-0.15, -0.1) is 0 Å². The van der Waals surface area contributed by atoms with E-state index in [9.17, 15) is 4.79 Å². The summed E-state index contributed by atoms with van der Waals surface area (Å²) in [6, 6.07) is 0.654. The first-order valence-corrected chi connectivity index (χ1v) is 5.87. The van der Waals surface area contributed by atoms with E-state index >= 15 is 0 Å². The Morgan fingerprint density at radius 2 is 2.20 bits per heavy atom. The monoisotopic (exact) mass is 211 g/mol. The van der Waals surface area contributed by atoms with E-state index in [1.165, 1.54) is 0 Å². The summed E-state index contributed by atoms with van der Waals surface area (Å²) in [7, 11) is 4.18. The third-order valence-corrected chi connectivity index (χ3v) is 3.56. The van der Waals surface area contributed by atoms with Crippen LogP contribution < -0.4 is 5.32 Å². The highest BCUT2D eigenvalue weighted by atomic mass is 16.2. The number of rotatable bonds is 2. The fourth-order valence-electron chi connectivity index (χ4n) is 2.48. The van der Waals surface area contributed by atoms with Gasteiger partial charge in [-0.3, -0.25) is 4.79 Å². The molecule has 2 heterocycles. The Balaban J connectivity index is 1.87. The summed E-state index contributed by atoms with van der Waals surface area (Å²) in [5.41, 5.74) is 0. The normalized spacial score (nSPS) is 31.5. The van der Waals surface area contributed by atoms with Gasteiger partial charge in [0, 0.05) is 19.1 Å². The molecule has 4 heteroatoms. The van der Waals surface area contributed by atoms with Crippen LogP contribution in [0.5, 0.6) is 0 Å². The van der Waals surface area contributed by atoms with Crippen LogP contribution in [0.3, 0.4) is 0 Å². The Morgan fingerprint density at radius 3 is 2.73 bits per heavy atom. The zero-order valence-electron chi connectivity index (χ0n) is 9.70. The first kappa shape index (κ1) is 10.9. The minimum Gasteiger partial charge on any atom is -0.340 e. The summed E-state index contributed by atoms with van der Waals surface area (Å²) in [5, 5.41) is 3.27. The summed E-state index contributed by atoms with van der Waals surface area (Å²) in [6.07, 6.45) is 3.27. The van der Waals surface area contributed by atoms with Crippen molar-refractivity contribution in [1.29, 1.82) is 0 Å². The molecule has 0 aliphatic carbocycles. The molecular formula is C11H21N3O. The van der Waals surface area contributed by atoms with Crippen LogP contribution in [-0.2, 0) is 4.79 Å². The lowest BCUT2D eigenvalue weighted by Gasteiger charge is -2.22. The third-order valence-electron chi connectivity index (χ3n) is 3.56. The second-order valence-corrected chi connectivity index (χ2v) is 4.84. The average molecular weight is 211 g/mol. The molecule has 1 N–H and O–H groups in total. The van der Waals surface area contributed by atoms with Crippen LogP contribution in [0.15, 0.2) is 0 Å². The van der Waals surface area contributed by atoms with Gasteiger partial charge in [-0.2, -0.15) is 0 Å². The zero-order chi connectivity index (χ0) is 10.8. The van der Waals surface area contributed by atoms with Crippen molar-refractivity contribution < 1.29 is 4.79 Å². The molecule has 0 aromatic heterocycles. The van der Waals surface area contributed by atoms with E-state index in [1.807, 2.05) is 4.90 Å². The maximum atomic E-state index is 12.1. The molecule has 86 valence electrons. The lowest BCUT2D eigenvalue weighted by atomic mass is 10.2. The Hall–Kier alpha value is -0.610. The lowest BCUT2D eigenvalue weighted by Crippen LogP contribution is -2.43. The number of likely N-dealkylation sites (N-methyl/N-ethyl adjacent to an activating group) is 1. The number of nitrogens with one attached hydrogen (secondary N) is 1. The van der Waals surface area contributed by atoms with Gasteiger partial charge < -0.3 is 15.1 Å². The molecule has 2 rings (SSSR count). The smallest absolute Gasteiger partial charge is 0.239 e. The summed E-state index contributed by atoms with van der Waals surface area (Å²) in [5.74, 6) is 0.317. The van der Waals surface area contributed by atoms with E-state index in [2.05, 4.69) is 24.3 Å². The van der Waals surface area contributed by atoms with E-state index in [4.69, 9.17) is 0 Å². The minimum absolute atomic E-state index is 0.103. The predicted octanol–water partition coefficient (Wildman–Crippen LogP) is -0.0991. The van der Waals surface area contributed by atoms with E-state index in [0.29, 0.717) is 11.9 Å². The standard InChI is InChI=1S/C11H21N3O/c1-13(2)9-5-7-14(8-9)11(15)10-4-3-6-12-10/h9-10,12H,3-8H2,1-2H3. The lowest BCUT2D eigenvalue weighted by molar-refractivity contribution is -0.132. The highest BCUT2D eigenvalue weighted by Gasteiger charge is 2.32. The second-order valence-electron chi connectivity index (χ2n) is 4.84. The number of hydrogen-bond acceptors (Lipinski definition) is 3. The molecule has 15 heavy (non-hydrogen) atoms. The molecular weight excluding hydrogens is 190 g/mol. The van der Waals surface area contributed by atoms with Crippen molar-refractivity contribution in [3.05, 3.63) is 0 Å². The van der Waals surface area contributed by atoms with Crippen molar-refractivity contribution in [2.45, 2.75) is 31.3 Å².